The molecular formula is C24H29ClN4O2. The van der Waals surface area contributed by atoms with Crippen molar-refractivity contribution >= 4 is 29.2 Å². The van der Waals surface area contributed by atoms with Gasteiger partial charge in [-0.25, -0.2) is 4.79 Å². The van der Waals surface area contributed by atoms with E-state index in [1.807, 2.05) is 52.3 Å². The molecular weight excluding hydrogens is 412 g/mol. The predicted molar refractivity (Wildman–Crippen MR) is 124 cm³/mol. The molecule has 1 N–H and O–H groups in total. The second-order valence-electron chi connectivity index (χ2n) is 8.20. The van der Waals surface area contributed by atoms with Crippen LogP contribution in [-0.2, 0) is 0 Å². The van der Waals surface area contributed by atoms with Gasteiger partial charge >= 0.3 is 6.03 Å². The van der Waals surface area contributed by atoms with Crippen molar-refractivity contribution in [3.05, 3.63) is 64.7 Å². The Morgan fingerprint density at radius 2 is 1.74 bits per heavy atom. The Hall–Kier alpha value is -2.73. The number of hydrogen-bond donors (Lipinski definition) is 1. The zero-order chi connectivity index (χ0) is 21.8. The fourth-order valence-electron chi connectivity index (χ4n) is 4.56. The van der Waals surface area contributed by atoms with Gasteiger partial charge in [-0.3, -0.25) is 4.79 Å². The Bertz CT molecular complexity index is 943. The van der Waals surface area contributed by atoms with Crippen molar-refractivity contribution in [2.24, 2.45) is 0 Å². The summed E-state index contributed by atoms with van der Waals surface area (Å²) in [5.41, 5.74) is 2.88. The zero-order valence-corrected chi connectivity index (χ0v) is 18.6. The molecule has 2 aliphatic heterocycles. The summed E-state index contributed by atoms with van der Waals surface area (Å²) in [4.78, 5) is 31.2. The van der Waals surface area contributed by atoms with Crippen molar-refractivity contribution in [3.63, 3.8) is 0 Å². The number of piperidine rings is 1. The number of nitrogens with one attached hydrogen (secondary N) is 1. The number of carbonyl (C=O) groups excluding carboxylic acids is 2. The van der Waals surface area contributed by atoms with Crippen molar-refractivity contribution in [3.8, 4) is 0 Å². The number of para-hydroxylation sites is 1. The van der Waals surface area contributed by atoms with Crippen LogP contribution in [0.25, 0.3) is 0 Å². The lowest BCUT2D eigenvalue weighted by Crippen LogP contribution is -2.49. The lowest BCUT2D eigenvalue weighted by molar-refractivity contribution is 0.0746. The van der Waals surface area contributed by atoms with Gasteiger partial charge in [0.2, 0.25) is 0 Å². The highest BCUT2D eigenvalue weighted by molar-refractivity contribution is 6.33. The van der Waals surface area contributed by atoms with E-state index < -0.39 is 0 Å². The molecule has 2 heterocycles. The van der Waals surface area contributed by atoms with E-state index in [0.29, 0.717) is 19.6 Å². The Morgan fingerprint density at radius 1 is 0.968 bits per heavy atom. The van der Waals surface area contributed by atoms with Gasteiger partial charge in [-0.2, -0.15) is 0 Å². The van der Waals surface area contributed by atoms with Crippen LogP contribution in [0.4, 0.5) is 10.5 Å². The Labute approximate surface area is 188 Å². The number of likely N-dealkylation sites (tertiary alicyclic amines) is 1. The van der Waals surface area contributed by atoms with E-state index in [1.165, 1.54) is 0 Å². The summed E-state index contributed by atoms with van der Waals surface area (Å²) >= 11 is 6.33. The zero-order valence-electron chi connectivity index (χ0n) is 17.9. The van der Waals surface area contributed by atoms with Crippen LogP contribution in [0.3, 0.4) is 0 Å². The van der Waals surface area contributed by atoms with Gasteiger partial charge in [0.1, 0.15) is 0 Å². The largest absolute Gasteiger partial charge is 0.367 e. The van der Waals surface area contributed by atoms with E-state index in [4.69, 9.17) is 11.6 Å². The Kier molecular flexibility index (Phi) is 6.66. The molecule has 0 aromatic heterocycles. The number of rotatable bonds is 3. The average molecular weight is 441 g/mol. The van der Waals surface area contributed by atoms with Crippen molar-refractivity contribution < 1.29 is 9.59 Å². The maximum Gasteiger partial charge on any atom is 0.317 e. The lowest BCUT2D eigenvalue weighted by atomic mass is 9.89. The number of piperazine rings is 1. The van der Waals surface area contributed by atoms with E-state index >= 15 is 0 Å². The van der Waals surface area contributed by atoms with Crippen molar-refractivity contribution in [2.75, 3.05) is 51.2 Å². The summed E-state index contributed by atoms with van der Waals surface area (Å²) in [6.07, 6.45) is 2.00. The number of hydrogen-bond acceptors (Lipinski definition) is 3. The second kappa shape index (κ2) is 9.60. The predicted octanol–water partition coefficient (Wildman–Crippen LogP) is 3.82. The van der Waals surface area contributed by atoms with Crippen LogP contribution in [0, 0.1) is 0 Å². The number of halogens is 1. The van der Waals surface area contributed by atoms with Gasteiger partial charge in [0.15, 0.2) is 0 Å². The van der Waals surface area contributed by atoms with E-state index in [1.54, 1.807) is 7.05 Å². The summed E-state index contributed by atoms with van der Waals surface area (Å²) in [7, 11) is 1.66. The van der Waals surface area contributed by atoms with E-state index in [9.17, 15) is 9.59 Å². The van der Waals surface area contributed by atoms with E-state index in [2.05, 4.69) is 16.3 Å². The summed E-state index contributed by atoms with van der Waals surface area (Å²) in [6.45, 7) is 4.33. The third kappa shape index (κ3) is 4.79. The van der Waals surface area contributed by atoms with Crippen LogP contribution in [0.5, 0.6) is 0 Å². The summed E-state index contributed by atoms with van der Waals surface area (Å²) in [6, 6.07) is 15.7. The number of anilines is 1. The molecule has 0 radical (unpaired) electrons. The minimum atomic E-state index is -0.0340. The SMILES string of the molecule is CNC(=O)N1CCCC(c2cccc(C(=O)N3CCN(c4ccccc4Cl)CC3)c2)C1. The molecule has 31 heavy (non-hydrogen) atoms. The van der Waals surface area contributed by atoms with Crippen LogP contribution in [0.1, 0.15) is 34.7 Å². The third-order valence-corrected chi connectivity index (χ3v) is 6.61. The molecule has 3 amide bonds. The first-order valence-corrected chi connectivity index (χ1v) is 11.3. The molecule has 2 aromatic carbocycles. The average Bonchev–Trinajstić information content (AvgIpc) is 2.83. The molecule has 0 aliphatic carbocycles. The summed E-state index contributed by atoms with van der Waals surface area (Å²) in [5.74, 6) is 0.329. The standard InChI is InChI=1S/C24H29ClN4O2/c1-26-24(31)29-11-5-8-20(17-29)18-6-4-7-19(16-18)23(30)28-14-12-27(13-15-28)22-10-3-2-9-21(22)25/h2-4,6-7,9-10,16,20H,5,8,11-15,17H2,1H3,(H,26,31). The second-order valence-corrected chi connectivity index (χ2v) is 8.60. The molecule has 2 fully saturated rings. The normalized spacial score (nSPS) is 19.3. The van der Waals surface area contributed by atoms with E-state index in [-0.39, 0.29) is 17.9 Å². The highest BCUT2D eigenvalue weighted by Gasteiger charge is 2.26. The monoisotopic (exact) mass is 440 g/mol. The fourth-order valence-corrected chi connectivity index (χ4v) is 4.81. The molecule has 164 valence electrons. The van der Waals surface area contributed by atoms with Gasteiger partial charge in [0, 0.05) is 57.8 Å². The highest BCUT2D eigenvalue weighted by Crippen LogP contribution is 2.29. The quantitative estimate of drug-likeness (QED) is 0.789. The maximum atomic E-state index is 13.2. The topological polar surface area (TPSA) is 55.9 Å². The first kappa shape index (κ1) is 21.5. The van der Waals surface area contributed by atoms with Crippen LogP contribution < -0.4 is 10.2 Å². The molecule has 1 atom stereocenters. The van der Waals surface area contributed by atoms with Crippen molar-refractivity contribution in [2.45, 2.75) is 18.8 Å². The number of nitrogens with zero attached hydrogens (tertiary/aromatic N) is 3. The number of carbonyl (C=O) groups is 2. The molecule has 4 rings (SSSR count). The van der Waals surface area contributed by atoms with Crippen LogP contribution >= 0.6 is 11.6 Å². The van der Waals surface area contributed by atoms with Crippen molar-refractivity contribution in [1.29, 1.82) is 0 Å². The minimum Gasteiger partial charge on any atom is -0.367 e. The summed E-state index contributed by atoms with van der Waals surface area (Å²) in [5, 5.41) is 3.46. The lowest BCUT2D eigenvalue weighted by Gasteiger charge is -2.36. The highest BCUT2D eigenvalue weighted by atomic mass is 35.5. The van der Waals surface area contributed by atoms with Gasteiger partial charge in [-0.1, -0.05) is 35.9 Å². The molecule has 0 spiro atoms. The molecule has 0 saturated carbocycles. The smallest absolute Gasteiger partial charge is 0.317 e. The number of amides is 3. The number of benzene rings is 2. The molecule has 6 nitrogen and oxygen atoms in total. The molecule has 2 saturated heterocycles. The van der Waals surface area contributed by atoms with Crippen LogP contribution in [0.2, 0.25) is 5.02 Å². The van der Waals surface area contributed by atoms with Crippen LogP contribution in [0.15, 0.2) is 48.5 Å². The molecule has 7 heteroatoms. The van der Waals surface area contributed by atoms with Gasteiger partial charge in [-0.05, 0) is 42.7 Å². The van der Waals surface area contributed by atoms with Gasteiger partial charge in [0.05, 0.1) is 10.7 Å². The van der Waals surface area contributed by atoms with Crippen LogP contribution in [-0.4, -0.2) is 68.1 Å². The first-order chi connectivity index (χ1) is 15.1. The van der Waals surface area contributed by atoms with Crippen molar-refractivity contribution in [1.82, 2.24) is 15.1 Å². The Morgan fingerprint density at radius 3 is 2.48 bits per heavy atom. The van der Waals surface area contributed by atoms with Gasteiger partial charge in [-0.15, -0.1) is 0 Å². The number of urea groups is 1. The van der Waals surface area contributed by atoms with E-state index in [0.717, 1.165) is 54.3 Å². The fraction of sp³-hybridized carbons (Fsp3) is 0.417. The van der Waals surface area contributed by atoms with Gasteiger partial charge in [0.25, 0.3) is 5.91 Å². The molecule has 2 aromatic rings. The minimum absolute atomic E-state index is 0.0340. The van der Waals surface area contributed by atoms with Gasteiger partial charge < -0.3 is 20.0 Å². The molecule has 1 unspecified atom stereocenters. The summed E-state index contributed by atoms with van der Waals surface area (Å²) < 4.78 is 0. The molecule has 2 aliphatic rings. The Balaban J connectivity index is 1.41. The molecule has 0 bridgehead atoms. The third-order valence-electron chi connectivity index (χ3n) is 6.29. The first-order valence-electron chi connectivity index (χ1n) is 10.9. The maximum absolute atomic E-state index is 13.2.